The monoisotopic (exact) mass is 329 g/mol. The number of alkyl halides is 3. The number of nitrogens with zero attached hydrogens (tertiary/aromatic N) is 1. The van der Waals surface area contributed by atoms with E-state index in [9.17, 15) is 13.2 Å². The minimum atomic E-state index is -4.40. The molecule has 0 heterocycles. The van der Waals surface area contributed by atoms with Gasteiger partial charge in [0.1, 0.15) is 0 Å². The summed E-state index contributed by atoms with van der Waals surface area (Å²) in [6, 6.07) is 5.61. The predicted octanol–water partition coefficient (Wildman–Crippen LogP) is 3.84. The van der Waals surface area contributed by atoms with Crippen molar-refractivity contribution >= 4 is 23.5 Å². The van der Waals surface area contributed by atoms with Gasteiger partial charge in [-0.2, -0.15) is 18.3 Å². The molecule has 0 radical (unpaired) electrons. The topological polar surface area (TPSA) is 36.4 Å². The number of benzene rings is 1. The molecule has 1 aliphatic carbocycles. The summed E-state index contributed by atoms with van der Waals surface area (Å²) in [7, 11) is 0. The van der Waals surface area contributed by atoms with E-state index in [1.165, 1.54) is 37.5 Å². The van der Waals surface area contributed by atoms with Crippen LogP contribution in [0.1, 0.15) is 43.2 Å². The largest absolute Gasteiger partial charge is 0.417 e. The zero-order valence-electron chi connectivity index (χ0n) is 12.0. The molecule has 1 saturated carbocycles. The minimum absolute atomic E-state index is 0.00275. The van der Waals surface area contributed by atoms with E-state index in [1.807, 2.05) is 0 Å². The smallest absolute Gasteiger partial charge is 0.359 e. The van der Waals surface area contributed by atoms with E-state index in [-0.39, 0.29) is 5.56 Å². The summed E-state index contributed by atoms with van der Waals surface area (Å²) in [6.45, 7) is 0. The van der Waals surface area contributed by atoms with Crippen LogP contribution in [0.2, 0.25) is 0 Å². The van der Waals surface area contributed by atoms with Crippen molar-refractivity contribution in [1.29, 1.82) is 0 Å². The Bertz CT molecular complexity index is 537. The Hall–Kier alpha value is -1.63. The third kappa shape index (κ3) is 4.98. The van der Waals surface area contributed by atoms with Crippen LogP contribution in [0.25, 0.3) is 0 Å². The average Bonchev–Trinajstić information content (AvgIpc) is 2.48. The summed E-state index contributed by atoms with van der Waals surface area (Å²) in [5.41, 5.74) is 1.87. The van der Waals surface area contributed by atoms with Crippen molar-refractivity contribution in [2.75, 3.05) is 0 Å². The molecule has 3 nitrogen and oxygen atoms in total. The second-order valence-electron chi connectivity index (χ2n) is 5.26. The van der Waals surface area contributed by atoms with Gasteiger partial charge in [0, 0.05) is 11.6 Å². The van der Waals surface area contributed by atoms with Crippen LogP contribution >= 0.6 is 12.2 Å². The van der Waals surface area contributed by atoms with Crippen molar-refractivity contribution in [1.82, 2.24) is 10.7 Å². The fourth-order valence-corrected chi connectivity index (χ4v) is 2.71. The van der Waals surface area contributed by atoms with Gasteiger partial charge in [0.05, 0.1) is 11.8 Å². The normalized spacial score (nSPS) is 16.7. The number of hydrazone groups is 1. The quantitative estimate of drug-likeness (QED) is 0.503. The number of hydrogen-bond donors (Lipinski definition) is 2. The van der Waals surface area contributed by atoms with Gasteiger partial charge in [-0.05, 0) is 31.1 Å². The first-order valence-corrected chi connectivity index (χ1v) is 7.63. The molecule has 0 spiro atoms. The highest BCUT2D eigenvalue weighted by Crippen LogP contribution is 2.31. The van der Waals surface area contributed by atoms with Gasteiger partial charge in [0.2, 0.25) is 0 Å². The van der Waals surface area contributed by atoms with Crippen molar-refractivity contribution < 1.29 is 13.2 Å². The van der Waals surface area contributed by atoms with Gasteiger partial charge in [-0.1, -0.05) is 37.5 Å². The maximum absolute atomic E-state index is 12.8. The molecule has 0 bridgehead atoms. The lowest BCUT2D eigenvalue weighted by atomic mass is 9.96. The lowest BCUT2D eigenvalue weighted by Crippen LogP contribution is -2.40. The molecule has 1 aliphatic rings. The van der Waals surface area contributed by atoms with Crippen LogP contribution in [0.15, 0.2) is 29.4 Å². The van der Waals surface area contributed by atoms with E-state index < -0.39 is 11.7 Å². The van der Waals surface area contributed by atoms with Gasteiger partial charge in [-0.3, -0.25) is 5.43 Å². The number of rotatable bonds is 3. The summed E-state index contributed by atoms with van der Waals surface area (Å²) in [6.07, 6.45) is 2.43. The van der Waals surface area contributed by atoms with Crippen molar-refractivity contribution in [2.24, 2.45) is 5.10 Å². The minimum Gasteiger partial charge on any atom is -0.359 e. The van der Waals surface area contributed by atoms with E-state index in [0.29, 0.717) is 11.2 Å². The Kier molecular flexibility index (Phi) is 5.76. The standard InChI is InChI=1S/C15H18F3N3S/c16-15(17,18)13-9-5-4-6-11(13)10-19-21-14(22)20-12-7-2-1-3-8-12/h4-6,9-10,12H,1-3,7-8H2,(H2,20,21,22)/b19-10+. The van der Waals surface area contributed by atoms with Crippen molar-refractivity contribution in [2.45, 2.75) is 44.3 Å². The number of thiocarbonyl (C=S) groups is 1. The fraction of sp³-hybridized carbons (Fsp3) is 0.467. The molecular formula is C15H18F3N3S. The highest BCUT2D eigenvalue weighted by atomic mass is 32.1. The Morgan fingerprint density at radius 2 is 1.86 bits per heavy atom. The van der Waals surface area contributed by atoms with Crippen LogP contribution in [0.4, 0.5) is 13.2 Å². The second kappa shape index (κ2) is 7.58. The Morgan fingerprint density at radius 3 is 2.55 bits per heavy atom. The van der Waals surface area contributed by atoms with Crippen molar-refractivity contribution in [3.63, 3.8) is 0 Å². The summed E-state index contributed by atoms with van der Waals surface area (Å²) < 4.78 is 38.5. The molecule has 0 saturated heterocycles. The Balaban J connectivity index is 1.91. The maximum atomic E-state index is 12.8. The first-order chi connectivity index (χ1) is 10.5. The molecule has 0 amide bonds. The molecule has 120 valence electrons. The van der Waals surface area contributed by atoms with E-state index in [4.69, 9.17) is 12.2 Å². The van der Waals surface area contributed by atoms with Crippen LogP contribution in [-0.2, 0) is 6.18 Å². The first-order valence-electron chi connectivity index (χ1n) is 7.22. The molecule has 0 aliphatic heterocycles. The number of hydrogen-bond acceptors (Lipinski definition) is 2. The maximum Gasteiger partial charge on any atom is 0.417 e. The molecule has 0 aromatic heterocycles. The van der Waals surface area contributed by atoms with Gasteiger partial charge in [0.15, 0.2) is 5.11 Å². The van der Waals surface area contributed by atoms with Gasteiger partial charge in [-0.15, -0.1) is 0 Å². The van der Waals surface area contributed by atoms with Crippen LogP contribution < -0.4 is 10.7 Å². The van der Waals surface area contributed by atoms with Crippen molar-refractivity contribution in [3.05, 3.63) is 35.4 Å². The third-order valence-electron chi connectivity index (χ3n) is 3.58. The van der Waals surface area contributed by atoms with Crippen LogP contribution in [-0.4, -0.2) is 17.4 Å². The molecule has 2 rings (SSSR count). The van der Waals surface area contributed by atoms with E-state index in [2.05, 4.69) is 15.8 Å². The third-order valence-corrected chi connectivity index (χ3v) is 3.79. The lowest BCUT2D eigenvalue weighted by molar-refractivity contribution is -0.137. The fourth-order valence-electron chi connectivity index (χ4n) is 2.49. The zero-order chi connectivity index (χ0) is 16.0. The zero-order valence-corrected chi connectivity index (χ0v) is 12.8. The number of halogens is 3. The number of nitrogens with one attached hydrogen (secondary N) is 2. The summed E-state index contributed by atoms with van der Waals surface area (Å²) in [5, 5.41) is 7.28. The summed E-state index contributed by atoms with van der Waals surface area (Å²) in [4.78, 5) is 0. The second-order valence-corrected chi connectivity index (χ2v) is 5.67. The predicted molar refractivity (Wildman–Crippen MR) is 84.8 cm³/mol. The molecule has 7 heteroatoms. The molecule has 0 atom stereocenters. The average molecular weight is 329 g/mol. The van der Waals surface area contributed by atoms with Crippen LogP contribution in [0, 0.1) is 0 Å². The highest BCUT2D eigenvalue weighted by molar-refractivity contribution is 7.80. The molecule has 0 unspecified atom stereocenters. The van der Waals surface area contributed by atoms with E-state index in [1.54, 1.807) is 0 Å². The van der Waals surface area contributed by atoms with Gasteiger partial charge >= 0.3 is 6.18 Å². The molecule has 22 heavy (non-hydrogen) atoms. The molecular weight excluding hydrogens is 311 g/mol. The highest BCUT2D eigenvalue weighted by Gasteiger charge is 2.32. The van der Waals surface area contributed by atoms with Crippen LogP contribution in [0.5, 0.6) is 0 Å². The molecule has 1 aromatic rings. The van der Waals surface area contributed by atoms with Crippen LogP contribution in [0.3, 0.4) is 0 Å². The molecule has 1 fully saturated rings. The Labute approximate surface area is 133 Å². The van der Waals surface area contributed by atoms with Gasteiger partial charge < -0.3 is 5.32 Å². The van der Waals surface area contributed by atoms with E-state index in [0.717, 1.165) is 25.1 Å². The summed E-state index contributed by atoms with van der Waals surface area (Å²) in [5.74, 6) is 0. The molecule has 1 aromatic carbocycles. The summed E-state index contributed by atoms with van der Waals surface area (Å²) >= 11 is 5.10. The Morgan fingerprint density at radius 1 is 1.18 bits per heavy atom. The van der Waals surface area contributed by atoms with Crippen molar-refractivity contribution in [3.8, 4) is 0 Å². The van der Waals surface area contributed by atoms with Gasteiger partial charge in [-0.25, -0.2) is 0 Å². The molecule has 2 N–H and O–H groups in total. The van der Waals surface area contributed by atoms with E-state index >= 15 is 0 Å². The van der Waals surface area contributed by atoms with Gasteiger partial charge in [0.25, 0.3) is 0 Å². The first kappa shape index (κ1) is 16.7. The SMILES string of the molecule is FC(F)(F)c1ccccc1/C=N/NC(=S)NC1CCCCC1. The lowest BCUT2D eigenvalue weighted by Gasteiger charge is -2.23.